The molecular formula is C12H22N2O4S. The monoisotopic (exact) mass is 290 g/mol. The topological polar surface area (TPSA) is 83.6 Å². The average molecular weight is 290 g/mol. The van der Waals surface area contributed by atoms with Gasteiger partial charge in [-0.2, -0.15) is 0 Å². The molecule has 0 aromatic heterocycles. The molecule has 1 heterocycles. The first-order valence-electron chi connectivity index (χ1n) is 6.30. The van der Waals surface area contributed by atoms with Gasteiger partial charge in [0, 0.05) is 6.54 Å². The maximum absolute atomic E-state index is 12.0. The third-order valence-electron chi connectivity index (χ3n) is 3.39. The smallest absolute Gasteiger partial charge is 0.245 e. The van der Waals surface area contributed by atoms with Crippen molar-refractivity contribution in [1.29, 1.82) is 0 Å². The molecule has 1 aliphatic heterocycles. The third kappa shape index (κ3) is 3.26. The van der Waals surface area contributed by atoms with E-state index in [9.17, 15) is 18.0 Å². The van der Waals surface area contributed by atoms with Crippen LogP contribution in [0.15, 0.2) is 0 Å². The van der Waals surface area contributed by atoms with Gasteiger partial charge in [-0.15, -0.1) is 0 Å². The Balaban J connectivity index is 2.81. The number of amides is 2. The van der Waals surface area contributed by atoms with Crippen molar-refractivity contribution in [2.75, 3.05) is 12.3 Å². The van der Waals surface area contributed by atoms with Crippen LogP contribution in [0, 0.1) is 0 Å². The zero-order chi connectivity index (χ0) is 15.0. The van der Waals surface area contributed by atoms with Crippen molar-refractivity contribution in [1.82, 2.24) is 10.2 Å². The molecule has 0 aromatic carbocycles. The van der Waals surface area contributed by atoms with E-state index in [1.807, 2.05) is 0 Å². The Morgan fingerprint density at radius 2 is 1.74 bits per heavy atom. The fourth-order valence-corrected chi connectivity index (χ4v) is 2.85. The maximum Gasteiger partial charge on any atom is 0.245 e. The summed E-state index contributed by atoms with van der Waals surface area (Å²) in [5.74, 6) is -0.622. The fraction of sp³-hybridized carbons (Fsp3) is 0.833. The van der Waals surface area contributed by atoms with Crippen LogP contribution in [0.1, 0.15) is 34.6 Å². The van der Waals surface area contributed by atoms with E-state index >= 15 is 0 Å². The lowest BCUT2D eigenvalue weighted by Gasteiger charge is -2.36. The first-order valence-corrected chi connectivity index (χ1v) is 7.96. The number of carbonyl (C=O) groups excluding carboxylic acids is 2. The zero-order valence-corrected chi connectivity index (χ0v) is 12.9. The molecule has 19 heavy (non-hydrogen) atoms. The van der Waals surface area contributed by atoms with E-state index in [0.717, 1.165) is 0 Å². The largest absolute Gasteiger partial charge is 0.343 e. The van der Waals surface area contributed by atoms with Gasteiger partial charge in [0.15, 0.2) is 9.84 Å². The quantitative estimate of drug-likeness (QED) is 0.789. The molecule has 1 N–H and O–H groups in total. The Bertz CT molecular complexity index is 478. The van der Waals surface area contributed by atoms with Crippen LogP contribution in [0.4, 0.5) is 0 Å². The molecule has 0 radical (unpaired) electrons. The molecule has 0 aromatic rings. The summed E-state index contributed by atoms with van der Waals surface area (Å²) in [4.78, 5) is 24.9. The fourth-order valence-electron chi connectivity index (χ4n) is 1.81. The van der Waals surface area contributed by atoms with Crippen LogP contribution in [0.3, 0.4) is 0 Å². The number of hydrogen-bond acceptors (Lipinski definition) is 4. The molecule has 2 amide bonds. The van der Waals surface area contributed by atoms with E-state index in [2.05, 4.69) is 5.32 Å². The summed E-state index contributed by atoms with van der Waals surface area (Å²) in [7, 11) is -3.30. The number of rotatable bonds is 3. The summed E-state index contributed by atoms with van der Waals surface area (Å²) in [5, 5.41) is 2.56. The highest BCUT2D eigenvalue weighted by Gasteiger charge is 2.37. The lowest BCUT2D eigenvalue weighted by atomic mass is 10.1. The molecule has 0 saturated carbocycles. The number of nitrogens with zero attached hydrogens (tertiary/aromatic N) is 1. The van der Waals surface area contributed by atoms with Crippen molar-refractivity contribution >= 4 is 21.7 Å². The van der Waals surface area contributed by atoms with Crippen LogP contribution in [0.5, 0.6) is 0 Å². The summed E-state index contributed by atoms with van der Waals surface area (Å²) in [6, 6.07) is -1.22. The standard InChI is InChI=1S/C12H22N2O4S/c1-8-11(16)14(9(2)10(15)13-8)6-7-19(17,18)12(3,4)5/h8-9H,6-7H2,1-5H3,(H,13,15). The molecule has 1 saturated heterocycles. The summed E-state index contributed by atoms with van der Waals surface area (Å²) >= 11 is 0. The van der Waals surface area contributed by atoms with Crippen molar-refractivity contribution in [3.05, 3.63) is 0 Å². The van der Waals surface area contributed by atoms with Crippen LogP contribution in [0.2, 0.25) is 0 Å². The second-order valence-corrected chi connectivity index (χ2v) is 8.73. The molecule has 110 valence electrons. The first kappa shape index (κ1) is 15.9. The molecule has 1 aliphatic rings. The maximum atomic E-state index is 12.0. The number of nitrogens with one attached hydrogen (secondary N) is 1. The van der Waals surface area contributed by atoms with E-state index in [-0.39, 0.29) is 24.1 Å². The highest BCUT2D eigenvalue weighted by Crippen LogP contribution is 2.17. The van der Waals surface area contributed by atoms with Crippen LogP contribution in [0.25, 0.3) is 0 Å². The van der Waals surface area contributed by atoms with Gasteiger partial charge < -0.3 is 10.2 Å². The van der Waals surface area contributed by atoms with Crippen molar-refractivity contribution in [3.63, 3.8) is 0 Å². The Morgan fingerprint density at radius 3 is 2.21 bits per heavy atom. The molecule has 1 fully saturated rings. The Hall–Kier alpha value is -1.11. The van der Waals surface area contributed by atoms with Gasteiger partial charge in [-0.25, -0.2) is 8.42 Å². The Morgan fingerprint density at radius 1 is 1.21 bits per heavy atom. The Kier molecular flexibility index (Phi) is 4.29. The second-order valence-electron chi connectivity index (χ2n) is 5.87. The van der Waals surface area contributed by atoms with E-state index in [1.165, 1.54) is 4.90 Å². The Labute approximate surface area is 114 Å². The summed E-state index contributed by atoms with van der Waals surface area (Å²) in [5.41, 5.74) is 0. The molecule has 2 atom stereocenters. The highest BCUT2D eigenvalue weighted by atomic mass is 32.2. The minimum absolute atomic E-state index is 0.0529. The highest BCUT2D eigenvalue weighted by molar-refractivity contribution is 7.92. The first-order chi connectivity index (χ1) is 8.47. The van der Waals surface area contributed by atoms with Gasteiger partial charge in [-0.05, 0) is 34.6 Å². The van der Waals surface area contributed by atoms with Crippen LogP contribution < -0.4 is 5.32 Å². The van der Waals surface area contributed by atoms with Gasteiger partial charge in [-0.3, -0.25) is 9.59 Å². The third-order valence-corrected chi connectivity index (χ3v) is 5.98. The van der Waals surface area contributed by atoms with Crippen LogP contribution in [-0.4, -0.2) is 54.3 Å². The minimum Gasteiger partial charge on any atom is -0.343 e. The van der Waals surface area contributed by atoms with E-state index < -0.39 is 26.7 Å². The molecule has 7 heteroatoms. The van der Waals surface area contributed by atoms with E-state index in [0.29, 0.717) is 0 Å². The molecule has 6 nitrogen and oxygen atoms in total. The minimum atomic E-state index is -3.30. The normalized spacial score (nSPS) is 25.4. The van der Waals surface area contributed by atoms with Crippen LogP contribution >= 0.6 is 0 Å². The average Bonchev–Trinajstić information content (AvgIpc) is 2.25. The van der Waals surface area contributed by atoms with Gasteiger partial charge in [0.25, 0.3) is 0 Å². The van der Waals surface area contributed by atoms with Crippen LogP contribution in [-0.2, 0) is 19.4 Å². The summed E-state index contributed by atoms with van der Waals surface area (Å²) in [6.07, 6.45) is 0. The van der Waals surface area contributed by atoms with Crippen molar-refractivity contribution in [3.8, 4) is 0 Å². The predicted octanol–water partition coefficient (Wildman–Crippen LogP) is -0.0649. The van der Waals surface area contributed by atoms with Crippen molar-refractivity contribution in [2.24, 2.45) is 0 Å². The molecule has 2 unspecified atom stereocenters. The van der Waals surface area contributed by atoms with Gasteiger partial charge in [0.2, 0.25) is 11.8 Å². The second kappa shape index (κ2) is 5.11. The van der Waals surface area contributed by atoms with Gasteiger partial charge in [-0.1, -0.05) is 0 Å². The summed E-state index contributed by atoms with van der Waals surface area (Å²) < 4.78 is 23.2. The van der Waals surface area contributed by atoms with Crippen molar-refractivity contribution < 1.29 is 18.0 Å². The number of sulfone groups is 1. The van der Waals surface area contributed by atoms with Gasteiger partial charge in [0.1, 0.15) is 12.1 Å². The summed E-state index contributed by atoms with van der Waals surface area (Å²) in [6.45, 7) is 8.12. The number of hydrogen-bond donors (Lipinski definition) is 1. The van der Waals surface area contributed by atoms with Gasteiger partial charge in [0.05, 0.1) is 10.5 Å². The lowest BCUT2D eigenvalue weighted by molar-refractivity contribution is -0.147. The zero-order valence-electron chi connectivity index (χ0n) is 12.1. The number of carbonyl (C=O) groups is 2. The molecule has 1 rings (SSSR count). The van der Waals surface area contributed by atoms with Crippen molar-refractivity contribution in [2.45, 2.75) is 51.4 Å². The van der Waals surface area contributed by atoms with Gasteiger partial charge >= 0.3 is 0 Å². The number of piperazine rings is 1. The lowest BCUT2D eigenvalue weighted by Crippen LogP contribution is -2.62. The molecule has 0 bridgehead atoms. The predicted molar refractivity (Wildman–Crippen MR) is 72.3 cm³/mol. The molecular weight excluding hydrogens is 268 g/mol. The van der Waals surface area contributed by atoms with E-state index in [4.69, 9.17) is 0 Å². The molecule has 0 aliphatic carbocycles. The molecule has 0 spiro atoms. The SMILES string of the molecule is CC1NC(=O)C(C)N(CCS(=O)(=O)C(C)(C)C)C1=O. The van der Waals surface area contributed by atoms with E-state index in [1.54, 1.807) is 34.6 Å².